The molecule has 0 radical (unpaired) electrons. The predicted molar refractivity (Wildman–Crippen MR) is 95.7 cm³/mol. The summed E-state index contributed by atoms with van der Waals surface area (Å²) in [6.45, 7) is 2.44. The minimum absolute atomic E-state index is 0.187. The largest absolute Gasteiger partial charge is 0.480 e. The highest BCUT2D eigenvalue weighted by molar-refractivity contribution is 7.99. The zero-order valence-electron chi connectivity index (χ0n) is 13.9. The third-order valence-corrected chi connectivity index (χ3v) is 5.41. The van der Waals surface area contributed by atoms with Crippen molar-refractivity contribution in [3.05, 3.63) is 51.8 Å². The summed E-state index contributed by atoms with van der Waals surface area (Å²) in [6.07, 6.45) is 0. The van der Waals surface area contributed by atoms with Crippen LogP contribution in [0, 0.1) is 6.92 Å². The van der Waals surface area contributed by atoms with E-state index in [0.29, 0.717) is 17.9 Å². The molecule has 3 rings (SSSR count). The summed E-state index contributed by atoms with van der Waals surface area (Å²) >= 11 is 1.45. The van der Waals surface area contributed by atoms with Crippen molar-refractivity contribution < 1.29 is 9.90 Å². The van der Waals surface area contributed by atoms with Gasteiger partial charge >= 0.3 is 5.97 Å². The Morgan fingerprint density at radius 1 is 1.33 bits per heavy atom. The number of thioether (sulfide) groups is 1. The van der Waals surface area contributed by atoms with Crippen molar-refractivity contribution in [1.82, 2.24) is 9.47 Å². The highest BCUT2D eigenvalue weighted by Crippen LogP contribution is 2.41. The molecule has 1 N–H and O–H groups in total. The fourth-order valence-corrected chi connectivity index (χ4v) is 4.49. The number of pyridine rings is 1. The normalized spacial score (nSPS) is 16.4. The van der Waals surface area contributed by atoms with Crippen LogP contribution in [0.15, 0.2) is 40.2 Å². The number of carboxylic acid groups (broad SMARTS) is 1. The molecule has 1 aliphatic rings. The van der Waals surface area contributed by atoms with Gasteiger partial charge in [-0.3, -0.25) is 9.36 Å². The first-order valence-electron chi connectivity index (χ1n) is 7.75. The Kier molecular flexibility index (Phi) is 4.51. The van der Waals surface area contributed by atoms with E-state index in [1.165, 1.54) is 16.3 Å². The van der Waals surface area contributed by atoms with Crippen LogP contribution < -0.4 is 5.56 Å². The fraction of sp³-hybridized carbons (Fsp3) is 0.333. The predicted octanol–water partition coefficient (Wildman–Crippen LogP) is 2.62. The smallest absolute Gasteiger partial charge is 0.327 e. The second-order valence-corrected chi connectivity index (χ2v) is 7.24. The van der Waals surface area contributed by atoms with E-state index >= 15 is 0 Å². The van der Waals surface area contributed by atoms with Crippen molar-refractivity contribution in [3.63, 3.8) is 0 Å². The monoisotopic (exact) mass is 344 g/mol. The van der Waals surface area contributed by atoms with E-state index in [-0.39, 0.29) is 5.56 Å². The van der Waals surface area contributed by atoms with Gasteiger partial charge in [0.05, 0.1) is 5.03 Å². The van der Waals surface area contributed by atoms with Gasteiger partial charge in [-0.25, -0.2) is 4.79 Å². The van der Waals surface area contributed by atoms with Crippen LogP contribution >= 0.6 is 11.8 Å². The number of carboxylic acids is 1. The average molecular weight is 344 g/mol. The maximum Gasteiger partial charge on any atom is 0.327 e. The van der Waals surface area contributed by atoms with Crippen molar-refractivity contribution >= 4 is 17.7 Å². The Morgan fingerprint density at radius 3 is 2.58 bits per heavy atom. The summed E-state index contributed by atoms with van der Waals surface area (Å²) < 4.78 is 1.47. The summed E-state index contributed by atoms with van der Waals surface area (Å²) in [5.41, 5.74) is 3.40. The molecule has 1 atom stereocenters. The van der Waals surface area contributed by atoms with Crippen LogP contribution in [0.5, 0.6) is 0 Å². The second-order valence-electron chi connectivity index (χ2n) is 6.23. The minimum Gasteiger partial charge on any atom is -0.480 e. The maximum atomic E-state index is 13.0. The zero-order chi connectivity index (χ0) is 17.4. The quantitative estimate of drug-likeness (QED) is 0.924. The number of fused-ring (bicyclic) bond motifs is 1. The van der Waals surface area contributed by atoms with Gasteiger partial charge < -0.3 is 10.0 Å². The van der Waals surface area contributed by atoms with Gasteiger partial charge in [0.2, 0.25) is 0 Å². The summed E-state index contributed by atoms with van der Waals surface area (Å²) in [6, 6.07) is 9.06. The number of aromatic nitrogens is 1. The van der Waals surface area contributed by atoms with Crippen LogP contribution in [0.1, 0.15) is 17.2 Å². The van der Waals surface area contributed by atoms with Crippen LogP contribution in [0.25, 0.3) is 11.1 Å². The number of nitrogens with zero attached hydrogens (tertiary/aromatic N) is 2. The molecule has 6 heteroatoms. The Morgan fingerprint density at radius 2 is 2.00 bits per heavy atom. The lowest BCUT2D eigenvalue weighted by molar-refractivity contribution is -0.140. The molecule has 0 amide bonds. The van der Waals surface area contributed by atoms with E-state index in [9.17, 15) is 14.7 Å². The van der Waals surface area contributed by atoms with Crippen LogP contribution in [0.2, 0.25) is 0 Å². The van der Waals surface area contributed by atoms with Crippen LogP contribution in [-0.2, 0) is 11.3 Å². The number of benzene rings is 1. The highest BCUT2D eigenvalue weighted by Gasteiger charge is 2.34. The van der Waals surface area contributed by atoms with Gasteiger partial charge in [0.15, 0.2) is 0 Å². The number of aliphatic carboxylic acids is 1. The van der Waals surface area contributed by atoms with Gasteiger partial charge in [-0.1, -0.05) is 30.3 Å². The van der Waals surface area contributed by atoms with Gasteiger partial charge in [-0.2, -0.15) is 0 Å². The molecule has 126 valence electrons. The van der Waals surface area contributed by atoms with E-state index in [1.54, 1.807) is 0 Å². The van der Waals surface area contributed by atoms with E-state index in [0.717, 1.165) is 21.7 Å². The molecule has 24 heavy (non-hydrogen) atoms. The summed E-state index contributed by atoms with van der Waals surface area (Å²) in [5.74, 6) is -0.572. The molecule has 0 aliphatic carbocycles. The Labute approximate surface area is 144 Å². The molecule has 1 unspecified atom stereocenters. The molecule has 1 aromatic heterocycles. The molecule has 0 saturated carbocycles. The molecule has 5 nitrogen and oxygen atoms in total. The number of hydrogen-bond acceptors (Lipinski definition) is 4. The molecule has 2 aromatic rings. The van der Waals surface area contributed by atoms with E-state index in [2.05, 4.69) is 0 Å². The minimum atomic E-state index is -0.956. The van der Waals surface area contributed by atoms with Gasteiger partial charge in [-0.05, 0) is 32.1 Å². The number of carbonyl (C=O) groups is 1. The summed E-state index contributed by atoms with van der Waals surface area (Å²) in [4.78, 5) is 26.5. The van der Waals surface area contributed by atoms with Crippen LogP contribution in [0.3, 0.4) is 0 Å². The van der Waals surface area contributed by atoms with Gasteiger partial charge in [0, 0.05) is 23.4 Å². The molecule has 2 heterocycles. The molecular formula is C18H20N2O3S. The Hall–Kier alpha value is -2.05. The Balaban J connectivity index is 2.34. The maximum absolute atomic E-state index is 13.0. The van der Waals surface area contributed by atoms with E-state index in [4.69, 9.17) is 0 Å². The van der Waals surface area contributed by atoms with Crippen molar-refractivity contribution in [2.75, 3.05) is 19.8 Å². The molecule has 1 aliphatic heterocycles. The van der Waals surface area contributed by atoms with Gasteiger partial charge in [0.25, 0.3) is 5.56 Å². The molecular weight excluding hydrogens is 324 g/mol. The number of hydrogen-bond donors (Lipinski definition) is 1. The van der Waals surface area contributed by atoms with Crippen molar-refractivity contribution in [1.29, 1.82) is 0 Å². The first-order valence-corrected chi connectivity index (χ1v) is 8.74. The zero-order valence-corrected chi connectivity index (χ0v) is 14.8. The van der Waals surface area contributed by atoms with E-state index in [1.807, 2.05) is 56.3 Å². The first-order chi connectivity index (χ1) is 11.4. The third-order valence-electron chi connectivity index (χ3n) is 4.25. The van der Waals surface area contributed by atoms with Crippen molar-refractivity contribution in [2.45, 2.75) is 24.5 Å². The lowest BCUT2D eigenvalue weighted by atomic mass is 9.98. The molecule has 0 bridgehead atoms. The summed E-state index contributed by atoms with van der Waals surface area (Å²) in [7, 11) is 3.81. The standard InChI is InChI=1S/C18H20N2O3S/c1-11-13(9-19(2)3)16(21)20-14(18(22)23)10-24-17(20)15(11)12-7-5-4-6-8-12/h4-8,14H,9-10H2,1-3H3,(H,22,23). The lowest BCUT2D eigenvalue weighted by Gasteiger charge is -2.20. The molecule has 0 saturated heterocycles. The highest BCUT2D eigenvalue weighted by atomic mass is 32.2. The molecule has 0 fully saturated rings. The Bertz CT molecular complexity index is 844. The second kappa shape index (κ2) is 6.45. The van der Waals surface area contributed by atoms with Gasteiger partial charge in [0.1, 0.15) is 6.04 Å². The number of rotatable bonds is 4. The fourth-order valence-electron chi connectivity index (χ4n) is 3.12. The topological polar surface area (TPSA) is 62.5 Å². The summed E-state index contributed by atoms with van der Waals surface area (Å²) in [5, 5.41) is 10.3. The first kappa shape index (κ1) is 16.8. The van der Waals surface area contributed by atoms with Crippen LogP contribution in [0.4, 0.5) is 0 Å². The van der Waals surface area contributed by atoms with Crippen molar-refractivity contribution in [3.8, 4) is 11.1 Å². The SMILES string of the molecule is Cc1c(-c2ccccc2)c2n(c(=O)c1CN(C)C)C(C(=O)O)CS2. The molecule has 1 aromatic carbocycles. The third kappa shape index (κ3) is 2.76. The molecule has 0 spiro atoms. The van der Waals surface area contributed by atoms with Crippen LogP contribution in [-0.4, -0.2) is 40.4 Å². The van der Waals surface area contributed by atoms with E-state index < -0.39 is 12.0 Å². The van der Waals surface area contributed by atoms with Gasteiger partial charge in [-0.15, -0.1) is 11.8 Å². The lowest BCUT2D eigenvalue weighted by Crippen LogP contribution is -2.33. The van der Waals surface area contributed by atoms with Crippen molar-refractivity contribution in [2.24, 2.45) is 0 Å². The average Bonchev–Trinajstić information content (AvgIpc) is 2.97.